The van der Waals surface area contributed by atoms with E-state index in [-0.39, 0.29) is 0 Å². The fourth-order valence-corrected chi connectivity index (χ4v) is 9.50. The third-order valence-corrected chi connectivity index (χ3v) is 11.2. The summed E-state index contributed by atoms with van der Waals surface area (Å²) in [5.41, 5.74) is 4.81. The van der Waals surface area contributed by atoms with Crippen LogP contribution in [0.1, 0.15) is 16.9 Å². The summed E-state index contributed by atoms with van der Waals surface area (Å²) in [5.74, 6) is 1.75. The van der Waals surface area contributed by atoms with E-state index in [1.807, 2.05) is 17.4 Å². The molecule has 0 saturated carbocycles. The Kier molecular flexibility index (Phi) is 4.87. The second-order valence-electron chi connectivity index (χ2n) is 11.2. The Balaban J connectivity index is 1.47. The number of allylic oxidation sites excluding steroid dienone is 1. The predicted octanol–water partition coefficient (Wildman–Crippen LogP) is 10.9. The zero-order chi connectivity index (χ0) is 28.1. The SMILES string of the molecule is C1=Cc2sc3nc(-c4ccccc4)nc(-n4c5ccccc5c5c6sc7ccccc7c6c6ccccc6c54)c3c2CC1. The minimum absolute atomic E-state index is 0.767. The van der Waals surface area contributed by atoms with Gasteiger partial charge >= 0.3 is 0 Å². The summed E-state index contributed by atoms with van der Waals surface area (Å²) in [5, 5.41) is 8.97. The van der Waals surface area contributed by atoms with Crippen molar-refractivity contribution in [3.8, 4) is 17.2 Å². The van der Waals surface area contributed by atoms with E-state index >= 15 is 0 Å². The monoisotopic (exact) mass is 585 g/mol. The van der Waals surface area contributed by atoms with Crippen LogP contribution < -0.4 is 0 Å². The highest BCUT2D eigenvalue weighted by Crippen LogP contribution is 2.49. The average molecular weight is 586 g/mol. The first kappa shape index (κ1) is 23.7. The van der Waals surface area contributed by atoms with Crippen LogP contribution in [0.15, 0.2) is 109 Å². The number of fused-ring (bicyclic) bond motifs is 13. The van der Waals surface area contributed by atoms with Gasteiger partial charge in [-0.3, -0.25) is 4.57 Å². The molecule has 0 spiro atoms. The summed E-state index contributed by atoms with van der Waals surface area (Å²) in [4.78, 5) is 13.0. The Morgan fingerprint density at radius 1 is 0.628 bits per heavy atom. The molecular formula is C38H23N3S2. The van der Waals surface area contributed by atoms with Gasteiger partial charge in [-0.05, 0) is 42.0 Å². The number of hydrogen-bond acceptors (Lipinski definition) is 4. The molecule has 0 amide bonds. The number of para-hydroxylation sites is 1. The van der Waals surface area contributed by atoms with Crippen molar-refractivity contribution in [2.45, 2.75) is 12.8 Å². The van der Waals surface area contributed by atoms with Crippen molar-refractivity contribution in [3.63, 3.8) is 0 Å². The quantitative estimate of drug-likeness (QED) is 0.202. The molecule has 43 heavy (non-hydrogen) atoms. The highest BCUT2D eigenvalue weighted by Gasteiger charge is 2.26. The number of nitrogens with zero attached hydrogens (tertiary/aromatic N) is 3. The van der Waals surface area contributed by atoms with Gasteiger partial charge in [-0.1, -0.05) is 97.1 Å². The fourth-order valence-electron chi connectivity index (χ4n) is 7.08. The molecule has 5 aromatic carbocycles. The van der Waals surface area contributed by atoms with E-state index in [1.54, 1.807) is 11.3 Å². The van der Waals surface area contributed by atoms with Gasteiger partial charge in [0.15, 0.2) is 11.6 Å². The molecule has 3 nitrogen and oxygen atoms in total. The smallest absolute Gasteiger partial charge is 0.163 e. The van der Waals surface area contributed by atoms with Crippen LogP contribution in [0.3, 0.4) is 0 Å². The van der Waals surface area contributed by atoms with Crippen molar-refractivity contribution in [1.29, 1.82) is 0 Å². The topological polar surface area (TPSA) is 30.7 Å². The minimum atomic E-state index is 0.767. The molecule has 4 aromatic heterocycles. The first-order chi connectivity index (χ1) is 21.3. The van der Waals surface area contributed by atoms with E-state index in [4.69, 9.17) is 9.97 Å². The second-order valence-corrected chi connectivity index (χ2v) is 13.3. The Morgan fingerprint density at radius 2 is 1.37 bits per heavy atom. The number of thiophene rings is 2. The van der Waals surface area contributed by atoms with Crippen molar-refractivity contribution in [1.82, 2.24) is 14.5 Å². The number of hydrogen-bond donors (Lipinski definition) is 0. The molecule has 4 heterocycles. The minimum Gasteiger partial charge on any atom is -0.292 e. The molecule has 0 fully saturated rings. The van der Waals surface area contributed by atoms with Crippen LogP contribution in [0.2, 0.25) is 0 Å². The van der Waals surface area contributed by atoms with Crippen molar-refractivity contribution in [3.05, 3.63) is 120 Å². The van der Waals surface area contributed by atoms with Crippen molar-refractivity contribution in [2.75, 3.05) is 0 Å². The van der Waals surface area contributed by atoms with Gasteiger partial charge in [0.05, 0.1) is 16.4 Å². The molecule has 0 N–H and O–H groups in total. The van der Waals surface area contributed by atoms with Gasteiger partial charge < -0.3 is 0 Å². The Labute approximate surface area is 255 Å². The lowest BCUT2D eigenvalue weighted by Crippen LogP contribution is -2.03. The summed E-state index contributed by atoms with van der Waals surface area (Å²) in [7, 11) is 0. The van der Waals surface area contributed by atoms with Gasteiger partial charge in [-0.15, -0.1) is 22.7 Å². The molecule has 202 valence electrons. The fraction of sp³-hybridized carbons (Fsp3) is 0.0526. The van der Waals surface area contributed by atoms with Gasteiger partial charge in [0, 0.05) is 46.8 Å². The molecular weight excluding hydrogens is 563 g/mol. The van der Waals surface area contributed by atoms with Gasteiger partial charge in [0.1, 0.15) is 4.83 Å². The van der Waals surface area contributed by atoms with E-state index in [1.165, 1.54) is 68.6 Å². The van der Waals surface area contributed by atoms with Crippen LogP contribution >= 0.6 is 22.7 Å². The summed E-state index contributed by atoms with van der Waals surface area (Å²) >= 11 is 3.70. The highest BCUT2D eigenvalue weighted by molar-refractivity contribution is 7.27. The van der Waals surface area contributed by atoms with Gasteiger partial charge in [0.25, 0.3) is 0 Å². The lowest BCUT2D eigenvalue weighted by atomic mass is 9.99. The lowest BCUT2D eigenvalue weighted by molar-refractivity contribution is 0.997. The van der Waals surface area contributed by atoms with E-state index < -0.39 is 0 Å². The lowest BCUT2D eigenvalue weighted by Gasteiger charge is -2.14. The number of aryl methyl sites for hydroxylation is 1. The van der Waals surface area contributed by atoms with Crippen LogP contribution in [0.4, 0.5) is 0 Å². The molecule has 0 saturated heterocycles. The zero-order valence-corrected chi connectivity index (χ0v) is 24.7. The molecule has 0 bridgehead atoms. The summed E-state index contributed by atoms with van der Waals surface area (Å²) < 4.78 is 5.12. The van der Waals surface area contributed by atoms with E-state index in [2.05, 4.69) is 114 Å². The van der Waals surface area contributed by atoms with Crippen molar-refractivity contribution >= 4 is 91.7 Å². The first-order valence-corrected chi connectivity index (χ1v) is 16.3. The maximum atomic E-state index is 5.46. The Hall–Kier alpha value is -4.84. The summed E-state index contributed by atoms with van der Waals surface area (Å²) in [6.45, 7) is 0. The van der Waals surface area contributed by atoms with E-state index in [0.29, 0.717) is 0 Å². The largest absolute Gasteiger partial charge is 0.292 e. The average Bonchev–Trinajstić information content (AvgIpc) is 3.75. The Bertz CT molecular complexity index is 2620. The zero-order valence-electron chi connectivity index (χ0n) is 23.0. The standard InChI is InChI=1S/C38H23N3S2/c1-2-12-22(13-3-1)36-39-37(33-27-18-8-11-21-30(27)43-38(33)40-36)41-28-19-9-6-16-25(28)32-34(41)24-15-5-4-14-23(24)31-26-17-7-10-20-29(26)42-35(31)32/h1-7,9-17,19-21H,8,18H2. The normalized spacial score (nSPS) is 13.3. The highest BCUT2D eigenvalue weighted by atomic mass is 32.1. The maximum Gasteiger partial charge on any atom is 0.163 e. The first-order valence-electron chi connectivity index (χ1n) is 14.7. The van der Waals surface area contributed by atoms with Crippen LogP contribution in [0.25, 0.3) is 86.2 Å². The van der Waals surface area contributed by atoms with Crippen LogP contribution in [-0.4, -0.2) is 14.5 Å². The van der Waals surface area contributed by atoms with Crippen LogP contribution in [0, 0.1) is 0 Å². The third-order valence-electron chi connectivity index (χ3n) is 8.89. The van der Waals surface area contributed by atoms with Gasteiger partial charge in [-0.2, -0.15) is 0 Å². The summed E-state index contributed by atoms with van der Waals surface area (Å²) in [6, 6.07) is 37.0. The second kappa shape index (κ2) is 8.83. The summed E-state index contributed by atoms with van der Waals surface area (Å²) in [6.07, 6.45) is 6.61. The molecule has 1 aliphatic rings. The third kappa shape index (κ3) is 3.24. The molecule has 0 atom stereocenters. The molecule has 0 aliphatic heterocycles. The number of aromatic nitrogens is 3. The molecule has 0 radical (unpaired) electrons. The van der Waals surface area contributed by atoms with Gasteiger partial charge in [0.2, 0.25) is 0 Å². The predicted molar refractivity (Wildman–Crippen MR) is 185 cm³/mol. The number of benzene rings is 5. The Morgan fingerprint density at radius 3 is 2.26 bits per heavy atom. The molecule has 5 heteroatoms. The van der Waals surface area contributed by atoms with E-state index in [0.717, 1.165) is 34.9 Å². The van der Waals surface area contributed by atoms with Crippen molar-refractivity contribution in [2.24, 2.45) is 0 Å². The number of rotatable bonds is 2. The molecule has 0 unspecified atom stereocenters. The maximum absolute atomic E-state index is 5.46. The molecule has 9 aromatic rings. The molecule has 1 aliphatic carbocycles. The molecule has 10 rings (SSSR count). The van der Waals surface area contributed by atoms with Crippen molar-refractivity contribution < 1.29 is 0 Å². The van der Waals surface area contributed by atoms with Gasteiger partial charge in [-0.25, -0.2) is 9.97 Å². The van der Waals surface area contributed by atoms with E-state index in [9.17, 15) is 0 Å². The van der Waals surface area contributed by atoms with Crippen LogP contribution in [-0.2, 0) is 6.42 Å². The van der Waals surface area contributed by atoms with Crippen LogP contribution in [0.5, 0.6) is 0 Å².